The Labute approximate surface area is 120 Å². The molecular weight excluding hydrogens is 281 g/mol. The highest BCUT2D eigenvalue weighted by Crippen LogP contribution is 2.18. The van der Waals surface area contributed by atoms with Gasteiger partial charge in [-0.05, 0) is 23.3 Å². The molecule has 6 heteroatoms. The second-order valence-electron chi connectivity index (χ2n) is 4.77. The van der Waals surface area contributed by atoms with Gasteiger partial charge in [0.05, 0.1) is 12.2 Å². The van der Waals surface area contributed by atoms with E-state index in [1.54, 1.807) is 12.1 Å². The summed E-state index contributed by atoms with van der Waals surface area (Å²) in [4.78, 5) is 12.0. The van der Waals surface area contributed by atoms with Crippen molar-refractivity contribution in [1.29, 1.82) is 0 Å². The van der Waals surface area contributed by atoms with Crippen LogP contribution in [0.25, 0.3) is 0 Å². The first kappa shape index (κ1) is 13.3. The maximum Gasteiger partial charge on any atom is 0.267 e. The maximum atomic E-state index is 13.0. The highest BCUT2D eigenvalue weighted by molar-refractivity contribution is 6.31. The molecular formula is C14H13ClFN3O. The van der Waals surface area contributed by atoms with Gasteiger partial charge < -0.3 is 5.32 Å². The van der Waals surface area contributed by atoms with Crippen molar-refractivity contribution in [2.24, 2.45) is 0 Å². The summed E-state index contributed by atoms with van der Waals surface area (Å²) in [6.07, 6.45) is 0.798. The average molecular weight is 294 g/mol. The van der Waals surface area contributed by atoms with Gasteiger partial charge in [0.25, 0.3) is 5.56 Å². The Morgan fingerprint density at radius 3 is 3.05 bits per heavy atom. The summed E-state index contributed by atoms with van der Waals surface area (Å²) in [6.45, 7) is 1.78. The lowest BCUT2D eigenvalue weighted by atomic mass is 10.1. The minimum absolute atomic E-state index is 0.173. The van der Waals surface area contributed by atoms with Crippen molar-refractivity contribution in [1.82, 2.24) is 15.1 Å². The first-order valence-corrected chi connectivity index (χ1v) is 6.76. The molecule has 2 aromatic rings. The molecule has 0 amide bonds. The van der Waals surface area contributed by atoms with Crippen molar-refractivity contribution in [2.45, 2.75) is 19.5 Å². The van der Waals surface area contributed by atoms with E-state index in [9.17, 15) is 9.18 Å². The van der Waals surface area contributed by atoms with Crippen LogP contribution in [-0.2, 0) is 19.5 Å². The molecule has 104 valence electrons. The largest absolute Gasteiger partial charge is 0.312 e. The first-order chi connectivity index (χ1) is 9.63. The minimum atomic E-state index is -0.393. The second-order valence-corrected chi connectivity index (χ2v) is 5.18. The number of nitrogens with one attached hydrogen (secondary N) is 1. The monoisotopic (exact) mass is 293 g/mol. The summed E-state index contributed by atoms with van der Waals surface area (Å²) < 4.78 is 14.4. The second kappa shape index (κ2) is 5.34. The lowest BCUT2D eigenvalue weighted by Gasteiger charge is -2.17. The molecule has 1 N–H and O–H groups in total. The Morgan fingerprint density at radius 2 is 2.25 bits per heavy atom. The molecule has 1 aliphatic rings. The van der Waals surface area contributed by atoms with Gasteiger partial charge in [-0.25, -0.2) is 9.07 Å². The highest BCUT2D eigenvalue weighted by Gasteiger charge is 2.13. The lowest BCUT2D eigenvalue weighted by molar-refractivity contribution is 0.561. The summed E-state index contributed by atoms with van der Waals surface area (Å²) in [7, 11) is 0. The van der Waals surface area contributed by atoms with Crippen LogP contribution in [0.15, 0.2) is 29.1 Å². The van der Waals surface area contributed by atoms with Crippen molar-refractivity contribution < 1.29 is 4.39 Å². The molecule has 1 aliphatic heterocycles. The summed E-state index contributed by atoms with van der Waals surface area (Å²) in [5.41, 5.74) is 2.38. The Balaban J connectivity index is 1.96. The Hall–Kier alpha value is -1.72. The fourth-order valence-corrected chi connectivity index (χ4v) is 2.51. The number of rotatable bonds is 2. The predicted octanol–water partition coefficient (Wildman–Crippen LogP) is 1.73. The minimum Gasteiger partial charge on any atom is -0.312 e. The van der Waals surface area contributed by atoms with Crippen molar-refractivity contribution in [3.8, 4) is 0 Å². The zero-order valence-electron chi connectivity index (χ0n) is 10.7. The molecule has 0 fully saturated rings. The van der Waals surface area contributed by atoms with E-state index in [1.807, 2.05) is 0 Å². The summed E-state index contributed by atoms with van der Waals surface area (Å²) in [5, 5.41) is 7.89. The molecule has 0 bridgehead atoms. The lowest BCUT2D eigenvalue weighted by Crippen LogP contribution is -2.31. The van der Waals surface area contributed by atoms with Crippen molar-refractivity contribution in [3.63, 3.8) is 0 Å². The molecule has 0 radical (unpaired) electrons. The van der Waals surface area contributed by atoms with Gasteiger partial charge in [-0.3, -0.25) is 4.79 Å². The van der Waals surface area contributed by atoms with Crippen LogP contribution in [0.3, 0.4) is 0 Å². The Kier molecular flexibility index (Phi) is 3.54. The summed E-state index contributed by atoms with van der Waals surface area (Å²) in [6, 6.07) is 5.75. The summed E-state index contributed by atoms with van der Waals surface area (Å²) >= 11 is 5.98. The molecule has 0 saturated heterocycles. The van der Waals surface area contributed by atoms with Crippen molar-refractivity contribution >= 4 is 11.6 Å². The van der Waals surface area contributed by atoms with Gasteiger partial charge in [-0.15, -0.1) is 0 Å². The van der Waals surface area contributed by atoms with E-state index >= 15 is 0 Å². The maximum absolute atomic E-state index is 13.0. The molecule has 1 aromatic carbocycles. The van der Waals surface area contributed by atoms with Gasteiger partial charge in [0.2, 0.25) is 0 Å². The van der Waals surface area contributed by atoms with Crippen LogP contribution in [0.1, 0.15) is 16.8 Å². The van der Waals surface area contributed by atoms with Crippen LogP contribution in [0.2, 0.25) is 5.02 Å². The Bertz CT molecular complexity index is 714. The molecule has 0 saturated carbocycles. The molecule has 4 nitrogen and oxygen atoms in total. The van der Waals surface area contributed by atoms with Crippen LogP contribution < -0.4 is 10.9 Å². The van der Waals surface area contributed by atoms with E-state index < -0.39 is 5.82 Å². The molecule has 2 heterocycles. The molecule has 0 spiro atoms. The third-order valence-corrected chi connectivity index (χ3v) is 3.71. The van der Waals surface area contributed by atoms with Crippen LogP contribution >= 0.6 is 11.6 Å². The van der Waals surface area contributed by atoms with E-state index in [0.717, 1.165) is 24.2 Å². The van der Waals surface area contributed by atoms with E-state index in [1.165, 1.54) is 16.8 Å². The van der Waals surface area contributed by atoms with E-state index in [0.29, 0.717) is 17.1 Å². The molecule has 1 aromatic heterocycles. The van der Waals surface area contributed by atoms with Gasteiger partial charge in [0.15, 0.2) is 0 Å². The zero-order chi connectivity index (χ0) is 14.1. The van der Waals surface area contributed by atoms with Crippen molar-refractivity contribution in [2.75, 3.05) is 6.54 Å². The van der Waals surface area contributed by atoms with Gasteiger partial charge in [0.1, 0.15) is 5.82 Å². The van der Waals surface area contributed by atoms with Gasteiger partial charge in [-0.1, -0.05) is 17.7 Å². The van der Waals surface area contributed by atoms with Crippen LogP contribution in [-0.4, -0.2) is 16.3 Å². The predicted molar refractivity (Wildman–Crippen MR) is 74.4 cm³/mol. The fourth-order valence-electron chi connectivity index (χ4n) is 2.28. The third-order valence-electron chi connectivity index (χ3n) is 3.35. The number of hydrogen-bond donors (Lipinski definition) is 1. The van der Waals surface area contributed by atoms with E-state index in [2.05, 4.69) is 10.4 Å². The van der Waals surface area contributed by atoms with E-state index in [4.69, 9.17) is 11.6 Å². The SMILES string of the molecule is O=c1cc2c(nn1Cc1ccc(F)cc1Cl)CCNC2. The van der Waals surface area contributed by atoms with Gasteiger partial charge in [-0.2, -0.15) is 5.10 Å². The molecule has 0 unspecified atom stereocenters. The quantitative estimate of drug-likeness (QED) is 0.917. The number of halogens is 2. The summed E-state index contributed by atoms with van der Waals surface area (Å²) in [5.74, 6) is -0.393. The highest BCUT2D eigenvalue weighted by atomic mass is 35.5. The molecule has 20 heavy (non-hydrogen) atoms. The smallest absolute Gasteiger partial charge is 0.267 e. The third kappa shape index (κ3) is 2.59. The van der Waals surface area contributed by atoms with Crippen LogP contribution in [0, 0.1) is 5.82 Å². The first-order valence-electron chi connectivity index (χ1n) is 6.38. The van der Waals surface area contributed by atoms with Crippen LogP contribution in [0.4, 0.5) is 4.39 Å². The Morgan fingerprint density at radius 1 is 1.40 bits per heavy atom. The number of aromatic nitrogens is 2. The average Bonchev–Trinajstić information content (AvgIpc) is 2.42. The van der Waals surface area contributed by atoms with Gasteiger partial charge in [0, 0.05) is 30.6 Å². The molecule has 0 aliphatic carbocycles. The van der Waals surface area contributed by atoms with Crippen molar-refractivity contribution in [3.05, 3.63) is 62.3 Å². The van der Waals surface area contributed by atoms with Crippen LogP contribution in [0.5, 0.6) is 0 Å². The van der Waals surface area contributed by atoms with Gasteiger partial charge >= 0.3 is 0 Å². The number of hydrogen-bond acceptors (Lipinski definition) is 3. The zero-order valence-corrected chi connectivity index (χ0v) is 11.5. The number of fused-ring (bicyclic) bond motifs is 1. The fraction of sp³-hybridized carbons (Fsp3) is 0.286. The number of benzene rings is 1. The number of nitrogens with zero attached hydrogens (tertiary/aromatic N) is 2. The molecule has 0 atom stereocenters. The molecule has 3 rings (SSSR count). The standard InChI is InChI=1S/C14H13ClFN3O/c15-12-6-11(16)2-1-9(12)8-19-14(20)5-10-7-17-4-3-13(10)18-19/h1-2,5-6,17H,3-4,7-8H2. The topological polar surface area (TPSA) is 46.9 Å². The van der Waals surface area contributed by atoms with E-state index in [-0.39, 0.29) is 12.1 Å². The normalized spacial score (nSPS) is 14.1.